The normalized spacial score (nSPS) is 11.4. The SMILES string of the molecule is CCOc1ccccc1[C@H](CC(=O)Nc1ccncc1)NC(C)=O. The molecule has 0 aliphatic rings. The minimum absolute atomic E-state index is 0.103. The van der Waals surface area contributed by atoms with Gasteiger partial charge >= 0.3 is 0 Å². The van der Waals surface area contributed by atoms with E-state index in [1.165, 1.54) is 6.92 Å². The van der Waals surface area contributed by atoms with Crippen molar-refractivity contribution in [2.45, 2.75) is 26.3 Å². The van der Waals surface area contributed by atoms with Crippen LogP contribution in [0.25, 0.3) is 0 Å². The van der Waals surface area contributed by atoms with Crippen LogP contribution < -0.4 is 15.4 Å². The van der Waals surface area contributed by atoms with Gasteiger partial charge in [-0.1, -0.05) is 18.2 Å². The smallest absolute Gasteiger partial charge is 0.226 e. The quantitative estimate of drug-likeness (QED) is 0.819. The minimum Gasteiger partial charge on any atom is -0.494 e. The second-order valence-electron chi connectivity index (χ2n) is 5.21. The van der Waals surface area contributed by atoms with E-state index < -0.39 is 6.04 Å². The van der Waals surface area contributed by atoms with Gasteiger partial charge in [0.1, 0.15) is 5.75 Å². The molecule has 0 saturated heterocycles. The second-order valence-corrected chi connectivity index (χ2v) is 5.21. The van der Waals surface area contributed by atoms with Gasteiger partial charge in [0, 0.05) is 30.6 Å². The molecule has 0 spiro atoms. The topological polar surface area (TPSA) is 80.3 Å². The van der Waals surface area contributed by atoms with E-state index in [-0.39, 0.29) is 18.2 Å². The fourth-order valence-corrected chi connectivity index (χ4v) is 2.37. The molecule has 0 saturated carbocycles. The first kappa shape index (κ1) is 17.5. The number of hydrogen-bond donors (Lipinski definition) is 2. The summed E-state index contributed by atoms with van der Waals surface area (Å²) in [6.07, 6.45) is 3.31. The van der Waals surface area contributed by atoms with E-state index in [2.05, 4.69) is 15.6 Å². The fourth-order valence-electron chi connectivity index (χ4n) is 2.37. The molecule has 0 unspecified atom stereocenters. The Morgan fingerprint density at radius 1 is 1.17 bits per heavy atom. The Kier molecular flexibility index (Phi) is 6.31. The van der Waals surface area contributed by atoms with Crippen molar-refractivity contribution < 1.29 is 14.3 Å². The Hall–Kier alpha value is -2.89. The molecule has 2 N–H and O–H groups in total. The molecule has 2 aromatic rings. The van der Waals surface area contributed by atoms with Crippen LogP contribution in [0.2, 0.25) is 0 Å². The third-order valence-corrected chi connectivity index (χ3v) is 3.33. The van der Waals surface area contributed by atoms with Gasteiger partial charge in [0.05, 0.1) is 19.1 Å². The standard InChI is InChI=1S/C18H21N3O3/c1-3-24-17-7-5-4-6-15(17)16(20-13(2)22)12-18(23)21-14-8-10-19-11-9-14/h4-11,16H,3,12H2,1-2H3,(H,20,22)(H,19,21,23)/t16-/m0/s1. The maximum atomic E-state index is 12.3. The third-order valence-electron chi connectivity index (χ3n) is 3.33. The summed E-state index contributed by atoms with van der Waals surface area (Å²) in [5.41, 5.74) is 1.44. The van der Waals surface area contributed by atoms with Crippen LogP contribution in [0.5, 0.6) is 5.75 Å². The predicted octanol–water partition coefficient (Wildman–Crippen LogP) is 2.69. The largest absolute Gasteiger partial charge is 0.494 e. The second kappa shape index (κ2) is 8.67. The van der Waals surface area contributed by atoms with Crippen LogP contribution in [0.1, 0.15) is 31.9 Å². The zero-order valence-electron chi connectivity index (χ0n) is 13.8. The average Bonchev–Trinajstić information content (AvgIpc) is 2.55. The molecule has 2 rings (SSSR count). The van der Waals surface area contributed by atoms with E-state index in [0.717, 1.165) is 5.56 Å². The Morgan fingerprint density at radius 2 is 1.88 bits per heavy atom. The number of amides is 2. The number of carbonyl (C=O) groups is 2. The van der Waals surface area contributed by atoms with E-state index >= 15 is 0 Å². The molecule has 1 aromatic heterocycles. The summed E-state index contributed by atoms with van der Waals surface area (Å²) in [5, 5.41) is 5.62. The number of ether oxygens (including phenoxy) is 1. The van der Waals surface area contributed by atoms with E-state index in [4.69, 9.17) is 4.74 Å². The molecular weight excluding hydrogens is 306 g/mol. The van der Waals surface area contributed by atoms with Crippen molar-refractivity contribution >= 4 is 17.5 Å². The number of benzene rings is 1. The van der Waals surface area contributed by atoms with E-state index in [1.54, 1.807) is 24.5 Å². The van der Waals surface area contributed by atoms with E-state index in [1.807, 2.05) is 31.2 Å². The lowest BCUT2D eigenvalue weighted by atomic mass is 10.0. The fraction of sp³-hybridized carbons (Fsp3) is 0.278. The summed E-state index contributed by atoms with van der Waals surface area (Å²) in [6.45, 7) is 3.82. The van der Waals surface area contributed by atoms with Gasteiger partial charge in [-0.2, -0.15) is 0 Å². The molecule has 0 aliphatic heterocycles. The molecule has 1 atom stereocenters. The molecule has 6 heteroatoms. The molecule has 2 amide bonds. The highest BCUT2D eigenvalue weighted by atomic mass is 16.5. The Balaban J connectivity index is 2.16. The summed E-state index contributed by atoms with van der Waals surface area (Å²) >= 11 is 0. The third kappa shape index (κ3) is 5.08. The predicted molar refractivity (Wildman–Crippen MR) is 91.7 cm³/mol. The number of aromatic nitrogens is 1. The van der Waals surface area contributed by atoms with Gasteiger partial charge in [-0.3, -0.25) is 14.6 Å². The first-order chi connectivity index (χ1) is 11.6. The highest BCUT2D eigenvalue weighted by Crippen LogP contribution is 2.27. The lowest BCUT2D eigenvalue weighted by Gasteiger charge is -2.21. The Labute approximate surface area is 141 Å². The number of rotatable bonds is 7. The number of para-hydroxylation sites is 1. The van der Waals surface area contributed by atoms with Crippen LogP contribution in [-0.2, 0) is 9.59 Å². The van der Waals surface area contributed by atoms with Gasteiger partial charge in [0.2, 0.25) is 11.8 Å². The monoisotopic (exact) mass is 327 g/mol. The van der Waals surface area contributed by atoms with Gasteiger partial charge in [0.25, 0.3) is 0 Å². The number of anilines is 1. The van der Waals surface area contributed by atoms with Gasteiger partial charge in [0.15, 0.2) is 0 Å². The molecular formula is C18H21N3O3. The molecule has 126 valence electrons. The van der Waals surface area contributed by atoms with Gasteiger partial charge in [-0.25, -0.2) is 0 Å². The minimum atomic E-state index is -0.466. The molecule has 0 fully saturated rings. The van der Waals surface area contributed by atoms with Crippen molar-refractivity contribution in [2.24, 2.45) is 0 Å². The van der Waals surface area contributed by atoms with Crippen molar-refractivity contribution in [3.05, 3.63) is 54.4 Å². The first-order valence-electron chi connectivity index (χ1n) is 7.79. The molecule has 1 heterocycles. The number of pyridine rings is 1. The summed E-state index contributed by atoms with van der Waals surface area (Å²) in [5.74, 6) is 0.254. The first-order valence-corrected chi connectivity index (χ1v) is 7.79. The van der Waals surface area contributed by atoms with Crippen LogP contribution in [0, 0.1) is 0 Å². The molecule has 24 heavy (non-hydrogen) atoms. The zero-order chi connectivity index (χ0) is 17.4. The highest BCUT2D eigenvalue weighted by molar-refractivity contribution is 5.91. The Morgan fingerprint density at radius 3 is 2.54 bits per heavy atom. The van der Waals surface area contributed by atoms with Crippen molar-refractivity contribution in [3.8, 4) is 5.75 Å². The van der Waals surface area contributed by atoms with Crippen molar-refractivity contribution in [1.29, 1.82) is 0 Å². The number of hydrogen-bond acceptors (Lipinski definition) is 4. The van der Waals surface area contributed by atoms with Gasteiger partial charge in [-0.15, -0.1) is 0 Å². The molecule has 0 aliphatic carbocycles. The van der Waals surface area contributed by atoms with Crippen LogP contribution >= 0.6 is 0 Å². The lowest BCUT2D eigenvalue weighted by molar-refractivity contribution is -0.120. The highest BCUT2D eigenvalue weighted by Gasteiger charge is 2.20. The summed E-state index contributed by atoms with van der Waals surface area (Å²) in [4.78, 5) is 27.8. The molecule has 0 radical (unpaired) electrons. The molecule has 0 bridgehead atoms. The van der Waals surface area contributed by atoms with Crippen molar-refractivity contribution in [1.82, 2.24) is 10.3 Å². The van der Waals surface area contributed by atoms with E-state index in [0.29, 0.717) is 18.0 Å². The molecule has 6 nitrogen and oxygen atoms in total. The summed E-state index contributed by atoms with van der Waals surface area (Å²) in [6, 6.07) is 10.3. The number of carbonyl (C=O) groups excluding carboxylic acids is 2. The molecule has 1 aromatic carbocycles. The van der Waals surface area contributed by atoms with Crippen LogP contribution in [-0.4, -0.2) is 23.4 Å². The van der Waals surface area contributed by atoms with Crippen LogP contribution in [0.4, 0.5) is 5.69 Å². The summed E-state index contributed by atoms with van der Waals surface area (Å²) < 4.78 is 5.61. The van der Waals surface area contributed by atoms with E-state index in [9.17, 15) is 9.59 Å². The Bertz CT molecular complexity index is 689. The van der Waals surface area contributed by atoms with Gasteiger partial charge in [-0.05, 0) is 25.1 Å². The zero-order valence-corrected chi connectivity index (χ0v) is 13.8. The van der Waals surface area contributed by atoms with Crippen LogP contribution in [0.15, 0.2) is 48.8 Å². The van der Waals surface area contributed by atoms with Crippen molar-refractivity contribution in [3.63, 3.8) is 0 Å². The number of nitrogens with one attached hydrogen (secondary N) is 2. The summed E-state index contributed by atoms with van der Waals surface area (Å²) in [7, 11) is 0. The number of nitrogens with zero attached hydrogens (tertiary/aromatic N) is 1. The average molecular weight is 327 g/mol. The van der Waals surface area contributed by atoms with Crippen LogP contribution in [0.3, 0.4) is 0 Å². The van der Waals surface area contributed by atoms with Crippen molar-refractivity contribution in [2.75, 3.05) is 11.9 Å². The lowest BCUT2D eigenvalue weighted by Crippen LogP contribution is -2.30. The van der Waals surface area contributed by atoms with Gasteiger partial charge < -0.3 is 15.4 Å². The maximum Gasteiger partial charge on any atom is 0.226 e. The maximum absolute atomic E-state index is 12.3.